The maximum atomic E-state index is 6.59. The van der Waals surface area contributed by atoms with Crippen molar-refractivity contribution in [2.24, 2.45) is 17.8 Å². The summed E-state index contributed by atoms with van der Waals surface area (Å²) in [7, 11) is 0. The highest BCUT2D eigenvalue weighted by atomic mass is 16.5. The molecule has 1 aliphatic heterocycles. The Morgan fingerprint density at radius 1 is 0.391 bits per heavy atom. The first-order valence-corrected chi connectivity index (χ1v) is 23.2. The van der Waals surface area contributed by atoms with Crippen LogP contribution in [0.4, 0.5) is 0 Å². The Labute approximate surface area is 373 Å². The molecule has 0 saturated heterocycles. The summed E-state index contributed by atoms with van der Waals surface area (Å²) in [5.41, 5.74) is 14.1. The van der Waals surface area contributed by atoms with Crippen molar-refractivity contribution in [2.75, 3.05) is 0 Å². The number of ether oxygens (including phenoxy) is 1. The Hall–Kier alpha value is -7.17. The van der Waals surface area contributed by atoms with Crippen molar-refractivity contribution in [1.82, 2.24) is 15.0 Å². The van der Waals surface area contributed by atoms with Gasteiger partial charge in [-0.1, -0.05) is 164 Å². The minimum Gasteiger partial charge on any atom is -0.457 e. The quantitative estimate of drug-likeness (QED) is 0.173. The van der Waals surface area contributed by atoms with E-state index >= 15 is 0 Å². The predicted molar refractivity (Wildman–Crippen MR) is 256 cm³/mol. The standard InChI is InChI=1S/C60H45N3O/c1-2-11-44-33-45(25-20-40(44)10-1)58-62-56(61-57(63-58)43-26-28-46(29-27-43)59-34-37-30-38(35-59)32-39(31-37)36-59)42-23-21-41(22-24-42)47-13-9-17-52-55(47)48-12-3-4-14-49(48)60(52)50-15-5-7-18-53(50)64-54-19-8-6-16-51(54)60/h1-29,33,37-39H,30-32,34-36H2. The molecule has 1 spiro atoms. The van der Waals surface area contributed by atoms with Crippen molar-refractivity contribution >= 4 is 10.8 Å². The largest absolute Gasteiger partial charge is 0.457 e. The Bertz CT molecular complexity index is 3270. The normalized spacial score (nSPS) is 21.5. The van der Waals surface area contributed by atoms with Crippen LogP contribution in [0.25, 0.3) is 67.2 Å². The summed E-state index contributed by atoms with van der Waals surface area (Å²) in [4.78, 5) is 15.6. The van der Waals surface area contributed by atoms with Gasteiger partial charge in [0.2, 0.25) is 0 Å². The van der Waals surface area contributed by atoms with Crippen molar-refractivity contribution in [3.63, 3.8) is 0 Å². The van der Waals surface area contributed by atoms with E-state index in [0.717, 1.165) is 51.5 Å². The average Bonchev–Trinajstić information content (AvgIpc) is 3.64. The summed E-state index contributed by atoms with van der Waals surface area (Å²) in [5, 5.41) is 2.36. The number of fused-ring (bicyclic) bond motifs is 10. The first-order valence-electron chi connectivity index (χ1n) is 23.2. The van der Waals surface area contributed by atoms with Crippen LogP contribution in [0.2, 0.25) is 0 Å². The molecule has 1 aromatic heterocycles. The highest BCUT2D eigenvalue weighted by Gasteiger charge is 2.53. The van der Waals surface area contributed by atoms with E-state index in [2.05, 4.69) is 182 Å². The predicted octanol–water partition coefficient (Wildman–Crippen LogP) is 14.6. The fraction of sp³-hybridized carbons (Fsp3) is 0.183. The zero-order valence-electron chi connectivity index (χ0n) is 35.5. The summed E-state index contributed by atoms with van der Waals surface area (Å²) in [6.07, 6.45) is 8.41. The summed E-state index contributed by atoms with van der Waals surface area (Å²) in [6.45, 7) is 0. The molecular weight excluding hydrogens is 779 g/mol. The molecule has 0 amide bonds. The molecule has 4 fully saturated rings. The number of para-hydroxylation sites is 2. The molecule has 9 aromatic rings. The van der Waals surface area contributed by atoms with Gasteiger partial charge in [0, 0.05) is 27.8 Å². The van der Waals surface area contributed by atoms with Gasteiger partial charge in [-0.2, -0.15) is 0 Å². The number of hydrogen-bond donors (Lipinski definition) is 0. The fourth-order valence-electron chi connectivity index (χ4n) is 13.5. The lowest BCUT2D eigenvalue weighted by atomic mass is 9.48. The smallest absolute Gasteiger partial charge is 0.164 e. The van der Waals surface area contributed by atoms with Gasteiger partial charge in [0.25, 0.3) is 0 Å². The number of rotatable bonds is 5. The summed E-state index contributed by atoms with van der Waals surface area (Å²) < 4.78 is 6.59. The van der Waals surface area contributed by atoms with Crippen LogP contribution in [0.1, 0.15) is 66.3 Å². The van der Waals surface area contributed by atoms with E-state index in [9.17, 15) is 0 Å². The van der Waals surface area contributed by atoms with Gasteiger partial charge in [0.15, 0.2) is 17.5 Å². The van der Waals surface area contributed by atoms with Crippen molar-refractivity contribution in [3.05, 3.63) is 210 Å². The monoisotopic (exact) mass is 823 g/mol. The number of aromatic nitrogens is 3. The third kappa shape index (κ3) is 5.32. The Balaban J connectivity index is 0.880. The molecule has 0 N–H and O–H groups in total. The maximum absolute atomic E-state index is 6.59. The van der Waals surface area contributed by atoms with Crippen LogP contribution in [-0.2, 0) is 10.8 Å². The van der Waals surface area contributed by atoms with Crippen LogP contribution in [-0.4, -0.2) is 15.0 Å². The molecule has 0 unspecified atom stereocenters. The minimum absolute atomic E-state index is 0.344. The third-order valence-corrected chi connectivity index (χ3v) is 15.8. The lowest BCUT2D eigenvalue weighted by Gasteiger charge is -2.57. The molecule has 5 aliphatic carbocycles. The molecule has 306 valence electrons. The van der Waals surface area contributed by atoms with Crippen LogP contribution in [0.3, 0.4) is 0 Å². The zero-order valence-corrected chi connectivity index (χ0v) is 35.5. The molecule has 2 heterocycles. The van der Waals surface area contributed by atoms with Gasteiger partial charge in [-0.05, 0) is 130 Å². The molecule has 64 heavy (non-hydrogen) atoms. The summed E-state index contributed by atoms with van der Waals surface area (Å²) in [6, 6.07) is 66.0. The Morgan fingerprint density at radius 3 is 1.53 bits per heavy atom. The van der Waals surface area contributed by atoms with E-state index in [4.69, 9.17) is 19.7 Å². The molecule has 0 atom stereocenters. The van der Waals surface area contributed by atoms with E-state index in [0.29, 0.717) is 22.9 Å². The Kier molecular flexibility index (Phi) is 7.76. The molecular formula is C60H45N3O. The van der Waals surface area contributed by atoms with Gasteiger partial charge < -0.3 is 4.74 Å². The second-order valence-electron chi connectivity index (χ2n) is 19.3. The first kappa shape index (κ1) is 36.3. The number of hydrogen-bond acceptors (Lipinski definition) is 4. The van der Waals surface area contributed by atoms with E-state index < -0.39 is 5.41 Å². The molecule has 6 aliphatic rings. The Morgan fingerprint density at radius 2 is 0.875 bits per heavy atom. The highest BCUT2D eigenvalue weighted by molar-refractivity contribution is 5.96. The molecule has 4 bridgehead atoms. The molecule has 4 saturated carbocycles. The molecule has 4 heteroatoms. The minimum atomic E-state index is -0.513. The van der Waals surface area contributed by atoms with Gasteiger partial charge in [-0.15, -0.1) is 0 Å². The van der Waals surface area contributed by atoms with Gasteiger partial charge in [-0.25, -0.2) is 15.0 Å². The summed E-state index contributed by atoms with van der Waals surface area (Å²) >= 11 is 0. The second-order valence-corrected chi connectivity index (χ2v) is 19.3. The van der Waals surface area contributed by atoms with Gasteiger partial charge in [0.1, 0.15) is 11.5 Å². The molecule has 4 nitrogen and oxygen atoms in total. The second kappa shape index (κ2) is 13.7. The first-order chi connectivity index (χ1) is 31.6. The van der Waals surface area contributed by atoms with E-state index in [-0.39, 0.29) is 0 Å². The highest BCUT2D eigenvalue weighted by Crippen LogP contribution is 2.64. The fourth-order valence-corrected chi connectivity index (χ4v) is 13.5. The van der Waals surface area contributed by atoms with Gasteiger partial charge >= 0.3 is 0 Å². The van der Waals surface area contributed by atoms with Gasteiger partial charge in [-0.3, -0.25) is 0 Å². The number of benzene rings is 8. The van der Waals surface area contributed by atoms with Crippen molar-refractivity contribution in [1.29, 1.82) is 0 Å². The summed E-state index contributed by atoms with van der Waals surface area (Å²) in [5.74, 6) is 6.58. The molecule has 15 rings (SSSR count). The molecule has 0 radical (unpaired) electrons. The molecule has 8 aromatic carbocycles. The van der Waals surface area contributed by atoms with E-state index in [1.807, 2.05) is 0 Å². The lowest BCUT2D eigenvalue weighted by molar-refractivity contribution is -0.00518. The van der Waals surface area contributed by atoms with Crippen LogP contribution < -0.4 is 4.74 Å². The van der Waals surface area contributed by atoms with E-state index in [1.54, 1.807) is 0 Å². The van der Waals surface area contributed by atoms with Crippen LogP contribution in [0, 0.1) is 17.8 Å². The third-order valence-electron chi connectivity index (χ3n) is 15.8. The van der Waals surface area contributed by atoms with E-state index in [1.165, 1.54) is 93.8 Å². The zero-order chi connectivity index (χ0) is 42.0. The van der Waals surface area contributed by atoms with Crippen molar-refractivity contribution in [2.45, 2.75) is 49.4 Å². The van der Waals surface area contributed by atoms with Crippen molar-refractivity contribution in [3.8, 4) is 67.9 Å². The van der Waals surface area contributed by atoms with Crippen LogP contribution >= 0.6 is 0 Å². The maximum Gasteiger partial charge on any atom is 0.164 e. The van der Waals surface area contributed by atoms with Crippen LogP contribution in [0.15, 0.2) is 182 Å². The van der Waals surface area contributed by atoms with Crippen molar-refractivity contribution < 1.29 is 4.74 Å². The topological polar surface area (TPSA) is 47.9 Å². The lowest BCUT2D eigenvalue weighted by Crippen LogP contribution is -2.48. The average molecular weight is 824 g/mol. The van der Waals surface area contributed by atoms with Crippen LogP contribution in [0.5, 0.6) is 11.5 Å². The number of nitrogens with zero attached hydrogens (tertiary/aromatic N) is 3. The van der Waals surface area contributed by atoms with Gasteiger partial charge in [0.05, 0.1) is 5.41 Å². The SMILES string of the molecule is c1ccc2c(c1)Oc1ccccc1C21c2ccccc2-c2c(-c3ccc(-c4nc(-c5ccc(C67CC8CC(CC(C8)C6)C7)cc5)nc(-c5ccc6ccccc6c5)n4)cc3)cccc21.